The zero-order valence-corrected chi connectivity index (χ0v) is 27.0. The van der Waals surface area contributed by atoms with Crippen molar-refractivity contribution in [3.63, 3.8) is 0 Å². The van der Waals surface area contributed by atoms with E-state index in [1.807, 2.05) is 30.3 Å². The second kappa shape index (κ2) is 14.7. The third kappa shape index (κ3) is 12.7. The van der Waals surface area contributed by atoms with Gasteiger partial charge in [0, 0.05) is 23.7 Å². The van der Waals surface area contributed by atoms with E-state index in [9.17, 15) is 19.2 Å². The van der Waals surface area contributed by atoms with E-state index >= 15 is 0 Å². The summed E-state index contributed by atoms with van der Waals surface area (Å²) in [5, 5.41) is 4.09. The number of anilines is 2. The van der Waals surface area contributed by atoms with E-state index in [1.54, 1.807) is 86.6 Å². The van der Waals surface area contributed by atoms with Crippen LogP contribution in [0.4, 0.5) is 25.9 Å². The average molecular weight is 609 g/mol. The van der Waals surface area contributed by atoms with Crippen LogP contribution in [0.1, 0.15) is 74.3 Å². The monoisotopic (exact) mass is 608 g/mol. The lowest BCUT2D eigenvalue weighted by molar-refractivity contribution is -0.116. The van der Waals surface area contributed by atoms with Gasteiger partial charge in [0.05, 0.1) is 0 Å². The summed E-state index contributed by atoms with van der Waals surface area (Å²) in [7, 11) is 0. The summed E-state index contributed by atoms with van der Waals surface area (Å²) < 4.78 is 15.5. The number of rotatable bonds is 5. The van der Waals surface area contributed by atoms with Crippen molar-refractivity contribution in [3.05, 3.63) is 66.4 Å². The van der Waals surface area contributed by atoms with Crippen LogP contribution in [0.3, 0.4) is 0 Å². The Morgan fingerprint density at radius 3 is 1.80 bits per heavy atom. The molecule has 0 aliphatic carbocycles. The van der Waals surface area contributed by atoms with Crippen LogP contribution in [0.2, 0.25) is 0 Å². The Labute approximate surface area is 259 Å². The number of hydrogen-bond acceptors (Lipinski definition) is 8. The molecule has 0 saturated carbocycles. The van der Waals surface area contributed by atoms with Crippen LogP contribution in [0.5, 0.6) is 0 Å². The quantitative estimate of drug-likeness (QED) is 0.285. The first-order valence-electron chi connectivity index (χ1n) is 14.2. The molecule has 0 unspecified atom stereocenters. The molecule has 44 heavy (non-hydrogen) atoms. The maximum Gasteiger partial charge on any atom is 0.425 e. The Kier molecular flexibility index (Phi) is 11.8. The molecule has 0 aliphatic heterocycles. The van der Waals surface area contributed by atoms with E-state index in [0.717, 1.165) is 15.8 Å². The van der Waals surface area contributed by atoms with Crippen molar-refractivity contribution in [3.8, 4) is 0 Å². The Hall–Kier alpha value is -4.67. The summed E-state index contributed by atoms with van der Waals surface area (Å²) in [6.07, 6.45) is -0.125. The molecule has 0 atom stereocenters. The molecule has 0 saturated heterocycles. The van der Waals surface area contributed by atoms with E-state index in [-0.39, 0.29) is 11.7 Å². The molecule has 0 fully saturated rings. The highest BCUT2D eigenvalue weighted by Crippen LogP contribution is 2.30. The number of nitrogens with one attached hydrogen (secondary N) is 1. The number of pyridine rings is 1. The van der Waals surface area contributed by atoms with Gasteiger partial charge in [-0.15, -0.1) is 0 Å². The number of nitrogens with zero attached hydrogens (tertiary/aromatic N) is 2. The lowest BCUT2D eigenvalue weighted by Gasteiger charge is -2.28. The van der Waals surface area contributed by atoms with Crippen molar-refractivity contribution in [2.45, 2.75) is 92.0 Å². The van der Waals surface area contributed by atoms with Crippen molar-refractivity contribution >= 4 is 46.5 Å². The molecule has 3 rings (SSSR count). The topological polar surface area (TPSA) is 150 Å². The van der Waals surface area contributed by atoms with Gasteiger partial charge in [-0.05, 0) is 97.9 Å². The third-order valence-corrected chi connectivity index (χ3v) is 5.28. The first-order chi connectivity index (χ1) is 20.2. The zero-order valence-electron chi connectivity index (χ0n) is 27.0. The number of imide groups is 1. The molecule has 3 aromatic rings. The molecule has 1 heterocycles. The lowest BCUT2D eigenvalue weighted by atomic mass is 10.1. The van der Waals surface area contributed by atoms with Gasteiger partial charge < -0.3 is 25.3 Å². The Bertz CT molecular complexity index is 1420. The molecule has 11 heteroatoms. The SMILES string of the molecule is CC(C)(C)OC(=O)N(C(=O)OC(C)(C)C)c1nccc2ccc(NC(=O)CCc3ccccc3)cc12.CC(C)(C)OC(N)=O. The standard InChI is InChI=1S/C28H33N3O5.C5H11NO2/c1-27(2,3)35-25(33)31(26(34)36-28(4,5)6)24-22-18-21(14-13-20(22)16-17-29-24)30-23(32)15-12-19-10-8-7-9-11-19;1-5(2,3)8-4(6)7/h7-11,13-14,16-18H,12,15H2,1-6H3,(H,30,32);1-3H3,(H2,6,7). The summed E-state index contributed by atoms with van der Waals surface area (Å²) >= 11 is 0. The minimum Gasteiger partial charge on any atom is -0.444 e. The van der Waals surface area contributed by atoms with Gasteiger partial charge in [-0.3, -0.25) is 4.79 Å². The predicted molar refractivity (Wildman–Crippen MR) is 171 cm³/mol. The number of benzene rings is 2. The molecule has 2 aromatic carbocycles. The summed E-state index contributed by atoms with van der Waals surface area (Å²) in [4.78, 5) is 53.9. The fourth-order valence-corrected chi connectivity index (χ4v) is 3.70. The lowest BCUT2D eigenvalue weighted by Crippen LogP contribution is -2.44. The van der Waals surface area contributed by atoms with Crippen molar-refractivity contribution in [1.29, 1.82) is 0 Å². The highest BCUT2D eigenvalue weighted by atomic mass is 16.6. The number of aromatic nitrogens is 1. The number of aryl methyl sites for hydroxylation is 1. The first kappa shape index (κ1) is 35.5. The van der Waals surface area contributed by atoms with Crippen LogP contribution in [-0.4, -0.2) is 46.0 Å². The number of primary amides is 1. The molecule has 238 valence electrons. The van der Waals surface area contributed by atoms with Gasteiger partial charge in [-0.25, -0.2) is 19.4 Å². The molecule has 4 amide bonds. The van der Waals surface area contributed by atoms with Crippen LogP contribution in [0.15, 0.2) is 60.8 Å². The Balaban J connectivity index is 0.000000742. The van der Waals surface area contributed by atoms with Gasteiger partial charge in [0.25, 0.3) is 0 Å². The smallest absolute Gasteiger partial charge is 0.425 e. The second-order valence-corrected chi connectivity index (χ2v) is 12.9. The maximum absolute atomic E-state index is 13.1. The normalized spacial score (nSPS) is 11.5. The van der Waals surface area contributed by atoms with Crippen molar-refractivity contribution in [2.24, 2.45) is 5.73 Å². The number of fused-ring (bicyclic) bond motifs is 1. The first-order valence-corrected chi connectivity index (χ1v) is 14.2. The van der Waals surface area contributed by atoms with Gasteiger partial charge in [0.15, 0.2) is 5.82 Å². The molecule has 0 aliphatic rings. The predicted octanol–water partition coefficient (Wildman–Crippen LogP) is 7.36. The number of hydrogen-bond donors (Lipinski definition) is 2. The number of nitrogens with two attached hydrogens (primary N) is 1. The van der Waals surface area contributed by atoms with Crippen LogP contribution < -0.4 is 16.0 Å². The molecular formula is C33H44N4O7. The number of carbonyl (C=O) groups is 4. The van der Waals surface area contributed by atoms with Gasteiger partial charge >= 0.3 is 18.3 Å². The summed E-state index contributed by atoms with van der Waals surface area (Å²) in [5.41, 5.74) is 4.16. The number of amides is 4. The van der Waals surface area contributed by atoms with Gasteiger partial charge in [0.1, 0.15) is 16.8 Å². The fourth-order valence-electron chi connectivity index (χ4n) is 3.70. The van der Waals surface area contributed by atoms with Crippen molar-refractivity contribution < 1.29 is 33.4 Å². The maximum atomic E-state index is 13.1. The Morgan fingerprint density at radius 1 is 0.773 bits per heavy atom. The minimum absolute atomic E-state index is 0.0522. The van der Waals surface area contributed by atoms with E-state index in [4.69, 9.17) is 15.2 Å². The molecule has 0 spiro atoms. The molecule has 0 radical (unpaired) electrons. The fraction of sp³-hybridized carbons (Fsp3) is 0.424. The van der Waals surface area contributed by atoms with Gasteiger partial charge in [0.2, 0.25) is 5.91 Å². The van der Waals surface area contributed by atoms with Crippen LogP contribution in [0.25, 0.3) is 10.8 Å². The van der Waals surface area contributed by atoms with Crippen molar-refractivity contribution in [2.75, 3.05) is 10.2 Å². The molecule has 1 aromatic heterocycles. The molecule has 11 nitrogen and oxygen atoms in total. The van der Waals surface area contributed by atoms with E-state index in [0.29, 0.717) is 23.9 Å². The summed E-state index contributed by atoms with van der Waals surface area (Å²) in [5.74, 6) is -0.101. The third-order valence-electron chi connectivity index (χ3n) is 5.28. The molecule has 3 N–H and O–H groups in total. The van der Waals surface area contributed by atoms with E-state index in [2.05, 4.69) is 15.0 Å². The van der Waals surface area contributed by atoms with Gasteiger partial charge in [-0.1, -0.05) is 36.4 Å². The van der Waals surface area contributed by atoms with E-state index < -0.39 is 35.1 Å². The molecule has 0 bridgehead atoms. The average Bonchev–Trinajstić information content (AvgIpc) is 2.85. The second-order valence-electron chi connectivity index (χ2n) is 12.9. The Morgan fingerprint density at radius 2 is 1.32 bits per heavy atom. The van der Waals surface area contributed by atoms with Crippen LogP contribution in [0, 0.1) is 0 Å². The van der Waals surface area contributed by atoms with Crippen LogP contribution in [-0.2, 0) is 25.4 Å². The van der Waals surface area contributed by atoms with E-state index in [1.165, 1.54) is 6.20 Å². The van der Waals surface area contributed by atoms with Gasteiger partial charge in [-0.2, -0.15) is 4.90 Å². The van der Waals surface area contributed by atoms with Crippen LogP contribution >= 0.6 is 0 Å². The zero-order chi connectivity index (χ0) is 33.3. The summed E-state index contributed by atoms with van der Waals surface area (Å²) in [6, 6.07) is 16.7. The largest absolute Gasteiger partial charge is 0.444 e. The number of carbonyl (C=O) groups excluding carboxylic acids is 4. The number of ether oxygens (including phenoxy) is 3. The highest BCUT2D eigenvalue weighted by Gasteiger charge is 2.34. The van der Waals surface area contributed by atoms with Crippen molar-refractivity contribution in [1.82, 2.24) is 4.98 Å². The molecular weight excluding hydrogens is 564 g/mol. The summed E-state index contributed by atoms with van der Waals surface area (Å²) in [6.45, 7) is 15.5. The highest BCUT2D eigenvalue weighted by molar-refractivity contribution is 6.14. The minimum atomic E-state index is -0.908.